The van der Waals surface area contributed by atoms with E-state index < -0.39 is 0 Å². The number of halogens is 1. The van der Waals surface area contributed by atoms with Crippen molar-refractivity contribution < 1.29 is 4.74 Å². The monoisotopic (exact) mass is 279 g/mol. The number of aromatic nitrogens is 2. The average Bonchev–Trinajstić information content (AvgIpc) is 2.71. The molecule has 0 unspecified atom stereocenters. The molecule has 0 aliphatic heterocycles. The van der Waals surface area contributed by atoms with Gasteiger partial charge in [0.25, 0.3) is 0 Å². The minimum Gasteiger partial charge on any atom is -0.497 e. The maximum atomic E-state index is 6.04. The Hall–Kier alpha value is -1.68. The van der Waals surface area contributed by atoms with Crippen LogP contribution >= 0.6 is 11.6 Å². The van der Waals surface area contributed by atoms with Gasteiger partial charge < -0.3 is 9.64 Å². The van der Waals surface area contributed by atoms with Crippen LogP contribution in [-0.2, 0) is 12.9 Å². The molecule has 0 saturated carbocycles. The molecule has 0 aliphatic rings. The Kier molecular flexibility index (Phi) is 4.00. The van der Waals surface area contributed by atoms with Crippen LogP contribution in [0.3, 0.4) is 0 Å². The predicted molar refractivity (Wildman–Crippen MR) is 78.6 cm³/mol. The lowest BCUT2D eigenvalue weighted by Gasteiger charge is -2.21. The van der Waals surface area contributed by atoms with Crippen LogP contribution in [0.1, 0.15) is 11.3 Å². The molecule has 2 aromatic rings. The zero-order valence-corrected chi connectivity index (χ0v) is 12.4. The molecular weight excluding hydrogens is 262 g/mol. The normalized spacial score (nSPS) is 10.6. The van der Waals surface area contributed by atoms with Crippen LogP contribution in [0.15, 0.2) is 24.3 Å². The summed E-state index contributed by atoms with van der Waals surface area (Å²) in [6, 6.07) is 7.91. The van der Waals surface area contributed by atoms with Crippen molar-refractivity contribution in [2.24, 2.45) is 7.05 Å². The summed E-state index contributed by atoms with van der Waals surface area (Å²) in [5.74, 6) is 2.28. The summed E-state index contributed by atoms with van der Waals surface area (Å²) in [7, 11) is 5.59. The fourth-order valence-electron chi connectivity index (χ4n) is 2.21. The Morgan fingerprint density at radius 3 is 2.79 bits per heavy atom. The quantitative estimate of drug-likeness (QED) is 0.805. The van der Waals surface area contributed by atoms with E-state index in [1.54, 1.807) is 7.11 Å². The standard InChI is InChI=1S/C14H18ClN3O/c1-10-13(9-15)14(18(3)16-10)17(2)11-6-5-7-12(8-11)19-4/h5-8H,9H2,1-4H3. The lowest BCUT2D eigenvalue weighted by molar-refractivity contribution is 0.415. The molecule has 0 fully saturated rings. The highest BCUT2D eigenvalue weighted by molar-refractivity contribution is 6.17. The second-order valence-electron chi connectivity index (χ2n) is 4.41. The van der Waals surface area contributed by atoms with Crippen molar-refractivity contribution in [1.82, 2.24) is 9.78 Å². The smallest absolute Gasteiger partial charge is 0.135 e. The Morgan fingerprint density at radius 1 is 1.42 bits per heavy atom. The third kappa shape index (κ3) is 2.54. The molecule has 4 nitrogen and oxygen atoms in total. The SMILES string of the molecule is COc1cccc(N(C)c2c(CCl)c(C)nn2C)c1. The van der Waals surface area contributed by atoms with E-state index in [1.165, 1.54) is 0 Å². The number of hydrogen-bond acceptors (Lipinski definition) is 3. The van der Waals surface area contributed by atoms with E-state index in [2.05, 4.69) is 10.00 Å². The molecule has 0 bridgehead atoms. The molecular formula is C14H18ClN3O. The fourth-order valence-corrected chi connectivity index (χ4v) is 2.52. The summed E-state index contributed by atoms with van der Waals surface area (Å²) in [6.45, 7) is 1.97. The molecule has 2 rings (SSSR count). The molecule has 0 atom stereocenters. The first kappa shape index (κ1) is 13.7. The van der Waals surface area contributed by atoms with Gasteiger partial charge in [-0.1, -0.05) is 6.07 Å². The number of methoxy groups -OCH3 is 1. The van der Waals surface area contributed by atoms with Gasteiger partial charge in [-0.2, -0.15) is 5.10 Å². The molecule has 0 N–H and O–H groups in total. The zero-order valence-electron chi connectivity index (χ0n) is 11.6. The van der Waals surface area contributed by atoms with Crippen molar-refractivity contribution in [3.05, 3.63) is 35.5 Å². The fraction of sp³-hybridized carbons (Fsp3) is 0.357. The van der Waals surface area contributed by atoms with E-state index in [0.717, 1.165) is 28.5 Å². The molecule has 0 aliphatic carbocycles. The molecule has 1 aromatic heterocycles. The van der Waals surface area contributed by atoms with Gasteiger partial charge >= 0.3 is 0 Å². The van der Waals surface area contributed by atoms with E-state index in [9.17, 15) is 0 Å². The summed E-state index contributed by atoms with van der Waals surface area (Å²) in [4.78, 5) is 2.07. The molecule has 0 amide bonds. The number of rotatable bonds is 4. The number of anilines is 2. The second-order valence-corrected chi connectivity index (χ2v) is 4.67. The van der Waals surface area contributed by atoms with Gasteiger partial charge in [-0.3, -0.25) is 4.68 Å². The van der Waals surface area contributed by atoms with Crippen molar-refractivity contribution >= 4 is 23.1 Å². The van der Waals surface area contributed by atoms with Crippen molar-refractivity contribution in [2.45, 2.75) is 12.8 Å². The number of alkyl halides is 1. The van der Waals surface area contributed by atoms with Crippen LogP contribution in [0.2, 0.25) is 0 Å². The van der Waals surface area contributed by atoms with E-state index >= 15 is 0 Å². The summed E-state index contributed by atoms with van der Waals surface area (Å²) < 4.78 is 7.11. The number of nitrogens with zero attached hydrogens (tertiary/aromatic N) is 3. The Bertz CT molecular complexity index is 580. The van der Waals surface area contributed by atoms with Gasteiger partial charge in [-0.15, -0.1) is 11.6 Å². The van der Waals surface area contributed by atoms with Gasteiger partial charge in [0.1, 0.15) is 11.6 Å². The average molecular weight is 280 g/mol. The maximum Gasteiger partial charge on any atom is 0.135 e. The first-order valence-corrected chi connectivity index (χ1v) is 6.58. The number of hydrogen-bond donors (Lipinski definition) is 0. The van der Waals surface area contributed by atoms with Crippen molar-refractivity contribution in [2.75, 3.05) is 19.1 Å². The largest absolute Gasteiger partial charge is 0.497 e. The zero-order chi connectivity index (χ0) is 14.0. The highest BCUT2D eigenvalue weighted by Gasteiger charge is 2.17. The molecule has 5 heteroatoms. The summed E-state index contributed by atoms with van der Waals surface area (Å²) in [5, 5.41) is 4.43. The van der Waals surface area contributed by atoms with E-state index in [4.69, 9.17) is 16.3 Å². The summed E-state index contributed by atoms with van der Waals surface area (Å²) in [5.41, 5.74) is 3.05. The van der Waals surface area contributed by atoms with E-state index in [-0.39, 0.29) is 0 Å². The lowest BCUT2D eigenvalue weighted by Crippen LogP contribution is -2.15. The third-order valence-corrected chi connectivity index (χ3v) is 3.47. The van der Waals surface area contributed by atoms with E-state index in [1.807, 2.05) is 50.0 Å². The van der Waals surface area contributed by atoms with Crippen LogP contribution in [0, 0.1) is 6.92 Å². The molecule has 0 radical (unpaired) electrons. The lowest BCUT2D eigenvalue weighted by atomic mass is 10.2. The van der Waals surface area contributed by atoms with E-state index in [0.29, 0.717) is 5.88 Å². The van der Waals surface area contributed by atoms with Crippen LogP contribution in [0.5, 0.6) is 5.75 Å². The topological polar surface area (TPSA) is 30.3 Å². The van der Waals surface area contributed by atoms with Crippen molar-refractivity contribution in [3.8, 4) is 5.75 Å². The number of aryl methyl sites for hydroxylation is 2. The highest BCUT2D eigenvalue weighted by Crippen LogP contribution is 2.31. The minimum atomic E-state index is 0.448. The molecule has 19 heavy (non-hydrogen) atoms. The van der Waals surface area contributed by atoms with Crippen LogP contribution in [0.4, 0.5) is 11.5 Å². The van der Waals surface area contributed by atoms with Gasteiger partial charge in [-0.05, 0) is 19.1 Å². The molecule has 0 saturated heterocycles. The van der Waals surface area contributed by atoms with Gasteiger partial charge in [0.2, 0.25) is 0 Å². The van der Waals surface area contributed by atoms with Crippen LogP contribution in [0.25, 0.3) is 0 Å². The Balaban J connectivity index is 2.46. The summed E-state index contributed by atoms with van der Waals surface area (Å²) in [6.07, 6.45) is 0. The molecule has 1 aromatic carbocycles. The molecule has 102 valence electrons. The van der Waals surface area contributed by atoms with Crippen LogP contribution < -0.4 is 9.64 Å². The molecule has 0 spiro atoms. The maximum absolute atomic E-state index is 6.04. The highest BCUT2D eigenvalue weighted by atomic mass is 35.5. The Labute approximate surface area is 118 Å². The van der Waals surface area contributed by atoms with Gasteiger partial charge in [0, 0.05) is 31.4 Å². The van der Waals surface area contributed by atoms with Gasteiger partial charge in [-0.25, -0.2) is 0 Å². The second kappa shape index (κ2) is 5.53. The van der Waals surface area contributed by atoms with Crippen molar-refractivity contribution in [1.29, 1.82) is 0 Å². The van der Waals surface area contributed by atoms with Crippen LogP contribution in [-0.4, -0.2) is 23.9 Å². The van der Waals surface area contributed by atoms with Gasteiger partial charge in [0.05, 0.1) is 18.7 Å². The molecule has 1 heterocycles. The number of ether oxygens (including phenoxy) is 1. The van der Waals surface area contributed by atoms with Crippen molar-refractivity contribution in [3.63, 3.8) is 0 Å². The first-order valence-electron chi connectivity index (χ1n) is 6.04. The third-order valence-electron chi connectivity index (χ3n) is 3.21. The Morgan fingerprint density at radius 2 is 2.16 bits per heavy atom. The van der Waals surface area contributed by atoms with Gasteiger partial charge in [0.15, 0.2) is 0 Å². The first-order chi connectivity index (χ1) is 9.08. The predicted octanol–water partition coefficient (Wildman–Crippen LogP) is 3.24. The summed E-state index contributed by atoms with van der Waals surface area (Å²) >= 11 is 6.04. The minimum absolute atomic E-state index is 0.448. The number of benzene rings is 1.